The van der Waals surface area contributed by atoms with E-state index in [0.717, 1.165) is 47.3 Å². The molecule has 1 unspecified atom stereocenters. The van der Waals surface area contributed by atoms with E-state index in [2.05, 4.69) is 20.5 Å². The van der Waals surface area contributed by atoms with Crippen LogP contribution < -0.4 is 25.2 Å². The van der Waals surface area contributed by atoms with Gasteiger partial charge in [-0.3, -0.25) is 43.7 Å². The van der Waals surface area contributed by atoms with Gasteiger partial charge < -0.3 is 29.5 Å². The van der Waals surface area contributed by atoms with Crippen LogP contribution in [0.1, 0.15) is 88.6 Å². The number of nitrogens with one attached hydrogen (secondary N) is 2. The molecule has 7 heterocycles. The number of rotatable bonds is 8. The Morgan fingerprint density at radius 2 is 1.63 bits per heavy atom. The highest BCUT2D eigenvalue weighted by Gasteiger charge is 2.51. The third-order valence-corrected chi connectivity index (χ3v) is 13.9. The number of carbonyl (C=O) groups excluding carboxylic acids is 6. The molecule has 10 rings (SSSR count). The number of morpholine rings is 1. The molecule has 0 radical (unpaired) electrons. The number of benzene rings is 2. The van der Waals surface area contributed by atoms with E-state index in [-0.39, 0.29) is 67.3 Å². The van der Waals surface area contributed by atoms with Crippen molar-refractivity contribution in [2.75, 3.05) is 74.7 Å². The molecule has 5 fully saturated rings. The number of alkyl halides is 1. The first-order valence-electron chi connectivity index (χ1n) is 21.7. The molecule has 4 saturated heterocycles. The van der Waals surface area contributed by atoms with E-state index < -0.39 is 41.2 Å². The minimum absolute atomic E-state index is 0.00997. The standard InChI is InChI=1S/C45H48FN9O8/c1-62-36-23-33-27(21-34(36)48-39(57)32-3-2-4-37(47-32)52-17-19-63-20-18-52)26-54(50-33)29-24-44(25-29)9-13-53(14-10-44)43(61)45(46)11-15-51(16-12-45)28-5-6-30-31(22-28)42(60)55(41(30)59)35-7-8-38(56)49-40(35)58/h2-6,21-23,26,29,35H,7-20,24-25H2,1H3,(H,48,57)(H,49,56,58). The highest BCUT2D eigenvalue weighted by molar-refractivity contribution is 6.23. The number of ether oxygens (including phenoxy) is 2. The second-order valence-corrected chi connectivity index (χ2v) is 17.6. The third-order valence-electron chi connectivity index (χ3n) is 13.9. The van der Waals surface area contributed by atoms with Gasteiger partial charge in [-0.25, -0.2) is 9.37 Å². The lowest BCUT2D eigenvalue weighted by Gasteiger charge is -2.52. The van der Waals surface area contributed by atoms with Crippen LogP contribution in [0.3, 0.4) is 0 Å². The van der Waals surface area contributed by atoms with Gasteiger partial charge in [0.25, 0.3) is 23.6 Å². The molecule has 0 bridgehead atoms. The number of methoxy groups -OCH3 is 1. The van der Waals surface area contributed by atoms with Gasteiger partial charge in [0, 0.05) is 81.9 Å². The summed E-state index contributed by atoms with van der Waals surface area (Å²) in [4.78, 5) is 88.9. The summed E-state index contributed by atoms with van der Waals surface area (Å²) >= 11 is 0. The fraction of sp³-hybridized carbons (Fsp3) is 0.467. The Hall–Kier alpha value is -6.43. The van der Waals surface area contributed by atoms with Gasteiger partial charge in [0.1, 0.15) is 23.3 Å². The first-order valence-corrected chi connectivity index (χ1v) is 21.7. The largest absolute Gasteiger partial charge is 0.494 e. The van der Waals surface area contributed by atoms with Crippen molar-refractivity contribution in [3.8, 4) is 5.75 Å². The molecule has 1 saturated carbocycles. The van der Waals surface area contributed by atoms with Gasteiger partial charge in [-0.1, -0.05) is 6.07 Å². The molecule has 17 nitrogen and oxygen atoms in total. The number of fused-ring (bicyclic) bond motifs is 2. The molecule has 1 aliphatic carbocycles. The summed E-state index contributed by atoms with van der Waals surface area (Å²) in [6.45, 7) is 4.12. The summed E-state index contributed by atoms with van der Waals surface area (Å²) in [5.41, 5.74) is 0.565. The van der Waals surface area contributed by atoms with E-state index in [0.29, 0.717) is 62.2 Å². The lowest BCUT2D eigenvalue weighted by Crippen LogP contribution is -2.56. The van der Waals surface area contributed by atoms with Crippen molar-refractivity contribution >= 4 is 63.5 Å². The summed E-state index contributed by atoms with van der Waals surface area (Å²) in [5.74, 6) is -1.91. The minimum Gasteiger partial charge on any atom is -0.494 e. The number of aromatic nitrogens is 3. The molecular weight excluding hydrogens is 814 g/mol. The Kier molecular flexibility index (Phi) is 10.1. The van der Waals surface area contributed by atoms with E-state index in [1.807, 2.05) is 40.0 Å². The second kappa shape index (κ2) is 15.7. The number of imide groups is 2. The molecule has 1 atom stereocenters. The van der Waals surface area contributed by atoms with Crippen molar-refractivity contribution in [2.24, 2.45) is 5.41 Å². The minimum atomic E-state index is -2.01. The third kappa shape index (κ3) is 7.32. The molecule has 6 amide bonds. The number of halogens is 1. The Labute approximate surface area is 361 Å². The number of likely N-dealkylation sites (tertiary alicyclic amines) is 1. The van der Waals surface area contributed by atoms with E-state index in [1.165, 1.54) is 0 Å². The molecule has 2 aromatic heterocycles. The van der Waals surface area contributed by atoms with Gasteiger partial charge in [-0.05, 0) is 73.9 Å². The molecule has 328 valence electrons. The molecule has 63 heavy (non-hydrogen) atoms. The molecule has 6 aliphatic rings. The van der Waals surface area contributed by atoms with Crippen molar-refractivity contribution in [1.82, 2.24) is 29.9 Å². The number of pyridine rings is 1. The number of carbonyl (C=O) groups is 6. The maximum atomic E-state index is 16.5. The number of hydrogen-bond acceptors (Lipinski definition) is 12. The Balaban J connectivity index is 0.727. The number of piperidine rings is 3. The fourth-order valence-corrected chi connectivity index (χ4v) is 10.2. The lowest BCUT2D eigenvalue weighted by molar-refractivity contribution is -0.149. The Bertz CT molecular complexity index is 2550. The zero-order valence-electron chi connectivity index (χ0n) is 34.9. The van der Waals surface area contributed by atoms with Crippen LogP contribution in [0, 0.1) is 5.41 Å². The summed E-state index contributed by atoms with van der Waals surface area (Å²) in [7, 11) is 1.55. The molecule has 1 spiro atoms. The molecule has 2 N–H and O–H groups in total. The second-order valence-electron chi connectivity index (χ2n) is 17.6. The number of amides is 6. The van der Waals surface area contributed by atoms with Crippen molar-refractivity contribution in [3.63, 3.8) is 0 Å². The molecular formula is C45H48FN9O8. The number of anilines is 3. The van der Waals surface area contributed by atoms with Gasteiger partial charge in [-0.2, -0.15) is 5.10 Å². The summed E-state index contributed by atoms with van der Waals surface area (Å²) < 4.78 is 29.5. The average molecular weight is 862 g/mol. The smallest absolute Gasteiger partial charge is 0.274 e. The average Bonchev–Trinajstić information content (AvgIpc) is 3.81. The highest BCUT2D eigenvalue weighted by Crippen LogP contribution is 2.55. The first kappa shape index (κ1) is 40.6. The quantitative estimate of drug-likeness (QED) is 0.244. The lowest BCUT2D eigenvalue weighted by atomic mass is 9.60. The van der Waals surface area contributed by atoms with Crippen molar-refractivity contribution in [3.05, 3.63) is 71.5 Å². The maximum absolute atomic E-state index is 16.5. The van der Waals surface area contributed by atoms with Crippen LogP contribution in [0.25, 0.3) is 10.9 Å². The Morgan fingerprint density at radius 3 is 2.37 bits per heavy atom. The fourth-order valence-electron chi connectivity index (χ4n) is 10.2. The molecule has 2 aromatic carbocycles. The van der Waals surface area contributed by atoms with E-state index in [1.54, 1.807) is 36.3 Å². The van der Waals surface area contributed by atoms with Crippen molar-refractivity contribution in [2.45, 2.75) is 69.1 Å². The van der Waals surface area contributed by atoms with Crippen LogP contribution in [0.2, 0.25) is 0 Å². The van der Waals surface area contributed by atoms with Crippen LogP contribution in [-0.4, -0.2) is 131 Å². The van der Waals surface area contributed by atoms with Gasteiger partial charge in [0.2, 0.25) is 11.8 Å². The summed E-state index contributed by atoms with van der Waals surface area (Å²) in [6, 6.07) is 13.0. The van der Waals surface area contributed by atoms with E-state index in [4.69, 9.17) is 14.6 Å². The van der Waals surface area contributed by atoms with E-state index in [9.17, 15) is 28.8 Å². The Morgan fingerprint density at radius 1 is 0.889 bits per heavy atom. The van der Waals surface area contributed by atoms with Gasteiger partial charge in [-0.15, -0.1) is 0 Å². The predicted octanol–water partition coefficient (Wildman–Crippen LogP) is 3.88. The zero-order chi connectivity index (χ0) is 43.6. The van der Waals surface area contributed by atoms with Crippen LogP contribution in [0.4, 0.5) is 21.6 Å². The predicted molar refractivity (Wildman–Crippen MR) is 226 cm³/mol. The summed E-state index contributed by atoms with van der Waals surface area (Å²) in [6.07, 6.45) is 5.42. The van der Waals surface area contributed by atoms with Crippen molar-refractivity contribution in [1.29, 1.82) is 0 Å². The van der Waals surface area contributed by atoms with Gasteiger partial charge >= 0.3 is 0 Å². The number of nitrogens with zero attached hydrogens (tertiary/aromatic N) is 7. The molecule has 5 aliphatic heterocycles. The van der Waals surface area contributed by atoms with Crippen LogP contribution in [0.15, 0.2) is 54.7 Å². The van der Waals surface area contributed by atoms with Crippen LogP contribution >= 0.6 is 0 Å². The summed E-state index contributed by atoms with van der Waals surface area (Å²) in [5, 5.41) is 10.9. The topological polar surface area (TPSA) is 189 Å². The first-order chi connectivity index (χ1) is 30.4. The zero-order valence-corrected chi connectivity index (χ0v) is 34.9. The van der Waals surface area contributed by atoms with Gasteiger partial charge in [0.05, 0.1) is 48.7 Å². The van der Waals surface area contributed by atoms with Gasteiger partial charge in [0.15, 0.2) is 5.67 Å². The molecule has 4 aromatic rings. The highest BCUT2D eigenvalue weighted by atomic mass is 19.1. The maximum Gasteiger partial charge on any atom is 0.274 e. The van der Waals surface area contributed by atoms with Crippen molar-refractivity contribution < 1.29 is 42.6 Å². The normalized spacial score (nSPS) is 22.3. The number of hydrogen-bond donors (Lipinski definition) is 2. The monoisotopic (exact) mass is 861 g/mol. The van der Waals surface area contributed by atoms with E-state index >= 15 is 4.39 Å². The molecule has 18 heteroatoms. The van der Waals surface area contributed by atoms with Crippen LogP contribution in [0.5, 0.6) is 5.75 Å². The SMILES string of the molecule is COc1cc2nn(C3CC4(CCN(C(=O)C5(F)CCN(c6ccc7c(c6)C(=O)N(C6CCC(=O)NC6=O)C7=O)CC5)CC4)C3)cc2cc1NC(=O)c1cccc(N2CCOCC2)n1. The van der Waals surface area contributed by atoms with Crippen LogP contribution in [-0.2, 0) is 19.1 Å².